The van der Waals surface area contributed by atoms with Crippen LogP contribution >= 0.6 is 11.8 Å². The van der Waals surface area contributed by atoms with Gasteiger partial charge in [0.2, 0.25) is 11.8 Å². The van der Waals surface area contributed by atoms with Gasteiger partial charge in [-0.2, -0.15) is 5.10 Å². The highest BCUT2D eigenvalue weighted by Gasteiger charge is 2.29. The molecule has 0 unspecified atom stereocenters. The maximum atomic E-state index is 12.0. The Kier molecular flexibility index (Phi) is 8.16. The molecule has 184 valence electrons. The molecule has 1 aliphatic carbocycles. The molecular weight excluding hydrogens is 468 g/mol. The Labute approximate surface area is 206 Å². The first-order valence-corrected chi connectivity index (χ1v) is 12.2. The number of unbranched alkanes of at least 4 members (excludes halogenated alkanes) is 1. The number of aryl methyl sites for hydroxylation is 1. The van der Waals surface area contributed by atoms with Crippen LogP contribution in [0.5, 0.6) is 0 Å². The van der Waals surface area contributed by atoms with Crippen LogP contribution in [-0.4, -0.2) is 43.7 Å². The number of benzene rings is 1. The summed E-state index contributed by atoms with van der Waals surface area (Å²) in [7, 11) is 0. The number of H-pyrrole nitrogens is 1. The summed E-state index contributed by atoms with van der Waals surface area (Å²) >= 11 is 1.40. The highest BCUT2D eigenvalue weighted by atomic mass is 32.2. The molecular formula is C23H28N8O3S. The van der Waals surface area contributed by atoms with Gasteiger partial charge in [-0.15, -0.1) is 0 Å². The first-order chi connectivity index (χ1) is 17.0. The number of hydroxylamine groups is 1. The van der Waals surface area contributed by atoms with E-state index in [0.29, 0.717) is 35.6 Å². The summed E-state index contributed by atoms with van der Waals surface area (Å²) < 4.78 is 0. The first kappa shape index (κ1) is 24.5. The maximum Gasteiger partial charge on any atom is 0.243 e. The molecule has 0 radical (unpaired) electrons. The number of aromatic amines is 1. The molecule has 0 spiro atoms. The number of aromatic nitrogens is 4. The Hall–Kier alpha value is -3.64. The van der Waals surface area contributed by atoms with Crippen LogP contribution in [0.4, 0.5) is 23.1 Å². The van der Waals surface area contributed by atoms with Gasteiger partial charge in [0.25, 0.3) is 0 Å². The third-order valence-corrected chi connectivity index (χ3v) is 6.08. The highest BCUT2D eigenvalue weighted by molar-refractivity contribution is 7.99. The summed E-state index contributed by atoms with van der Waals surface area (Å²) in [5.41, 5.74) is 3.33. The van der Waals surface area contributed by atoms with E-state index in [9.17, 15) is 9.59 Å². The lowest BCUT2D eigenvalue weighted by Crippen LogP contribution is -2.18. The molecule has 1 aromatic carbocycles. The Morgan fingerprint density at radius 3 is 2.54 bits per heavy atom. The van der Waals surface area contributed by atoms with Crippen molar-refractivity contribution in [2.75, 3.05) is 22.5 Å². The third kappa shape index (κ3) is 7.69. The predicted molar refractivity (Wildman–Crippen MR) is 133 cm³/mol. The number of hydrogen-bond acceptors (Lipinski definition) is 9. The molecule has 12 heteroatoms. The molecule has 11 nitrogen and oxygen atoms in total. The van der Waals surface area contributed by atoms with Gasteiger partial charge in [-0.05, 0) is 68.6 Å². The molecule has 6 N–H and O–H groups in total. The smallest absolute Gasteiger partial charge is 0.243 e. The standard InChI is InChI=1S/C23H28N8O3S/c1-14-12-20(30-29-14)26-19-13-18(24-11-3-2-4-21(32)31-34)27-23(28-19)35-17-9-7-16(8-10-17)25-22(33)15-5-6-15/h7-10,12-13,15,34H,2-6,11H2,1H3,(H,25,33)(H,31,32)(H3,24,26,27,28,29,30). The topological polar surface area (TPSA) is 157 Å². The fraction of sp³-hybridized carbons (Fsp3) is 0.348. The molecule has 2 amide bonds. The molecule has 2 heterocycles. The quantitative estimate of drug-likeness (QED) is 0.0948. The summed E-state index contributed by atoms with van der Waals surface area (Å²) in [4.78, 5) is 33.3. The maximum absolute atomic E-state index is 12.0. The van der Waals surface area contributed by atoms with E-state index in [0.717, 1.165) is 35.5 Å². The minimum absolute atomic E-state index is 0.0776. The van der Waals surface area contributed by atoms with E-state index in [1.165, 1.54) is 11.8 Å². The van der Waals surface area contributed by atoms with E-state index in [-0.39, 0.29) is 18.2 Å². The number of nitrogens with one attached hydrogen (secondary N) is 5. The average molecular weight is 497 g/mol. The fourth-order valence-corrected chi connectivity index (χ4v) is 3.99. The molecule has 0 bridgehead atoms. The van der Waals surface area contributed by atoms with Gasteiger partial charge in [-0.25, -0.2) is 15.4 Å². The molecule has 35 heavy (non-hydrogen) atoms. The summed E-state index contributed by atoms with van der Waals surface area (Å²) in [6.07, 6.45) is 3.55. The van der Waals surface area contributed by atoms with Gasteiger partial charge in [0.1, 0.15) is 11.6 Å². The van der Waals surface area contributed by atoms with Gasteiger partial charge in [0, 0.05) is 47.3 Å². The first-order valence-electron chi connectivity index (χ1n) is 11.4. The van der Waals surface area contributed by atoms with Crippen LogP contribution in [0.25, 0.3) is 0 Å². The highest BCUT2D eigenvalue weighted by Crippen LogP contribution is 2.31. The number of carbonyl (C=O) groups excluding carboxylic acids is 2. The van der Waals surface area contributed by atoms with E-state index < -0.39 is 5.91 Å². The Morgan fingerprint density at radius 2 is 1.86 bits per heavy atom. The van der Waals surface area contributed by atoms with Crippen LogP contribution in [0.1, 0.15) is 37.8 Å². The zero-order chi connectivity index (χ0) is 24.6. The second-order valence-electron chi connectivity index (χ2n) is 8.29. The number of hydrogen-bond donors (Lipinski definition) is 6. The molecule has 0 saturated heterocycles. The van der Waals surface area contributed by atoms with Gasteiger partial charge in [-0.1, -0.05) is 0 Å². The van der Waals surface area contributed by atoms with Crippen LogP contribution in [0.3, 0.4) is 0 Å². The third-order valence-electron chi connectivity index (χ3n) is 5.21. The van der Waals surface area contributed by atoms with E-state index in [2.05, 4.69) is 36.1 Å². The predicted octanol–water partition coefficient (Wildman–Crippen LogP) is 3.84. The van der Waals surface area contributed by atoms with Gasteiger partial charge >= 0.3 is 0 Å². The molecule has 2 aromatic heterocycles. The minimum atomic E-state index is -0.398. The monoisotopic (exact) mass is 496 g/mol. The van der Waals surface area contributed by atoms with Crippen molar-refractivity contribution in [3.05, 3.63) is 42.1 Å². The summed E-state index contributed by atoms with van der Waals surface area (Å²) in [5, 5.41) is 25.6. The average Bonchev–Trinajstić information content (AvgIpc) is 3.62. The van der Waals surface area contributed by atoms with Crippen molar-refractivity contribution in [3.8, 4) is 0 Å². The zero-order valence-electron chi connectivity index (χ0n) is 19.3. The van der Waals surface area contributed by atoms with E-state index in [4.69, 9.17) is 5.21 Å². The Morgan fingerprint density at radius 1 is 1.09 bits per heavy atom. The summed E-state index contributed by atoms with van der Waals surface area (Å²) in [6, 6.07) is 11.3. The van der Waals surface area contributed by atoms with Crippen LogP contribution in [-0.2, 0) is 9.59 Å². The van der Waals surface area contributed by atoms with Crippen molar-refractivity contribution in [1.29, 1.82) is 0 Å². The normalized spacial score (nSPS) is 12.7. The van der Waals surface area contributed by atoms with Crippen molar-refractivity contribution in [2.45, 2.75) is 49.1 Å². The van der Waals surface area contributed by atoms with Crippen LogP contribution < -0.4 is 21.4 Å². The van der Waals surface area contributed by atoms with Gasteiger partial charge in [0.05, 0.1) is 0 Å². The molecule has 4 rings (SSSR count). The summed E-state index contributed by atoms with van der Waals surface area (Å²) in [5.74, 6) is 1.71. The lowest BCUT2D eigenvalue weighted by molar-refractivity contribution is -0.129. The minimum Gasteiger partial charge on any atom is -0.370 e. The van der Waals surface area contributed by atoms with Gasteiger partial charge in [-0.3, -0.25) is 19.9 Å². The van der Waals surface area contributed by atoms with Crippen molar-refractivity contribution < 1.29 is 14.8 Å². The lowest BCUT2D eigenvalue weighted by Gasteiger charge is -2.11. The number of anilines is 4. The van der Waals surface area contributed by atoms with Gasteiger partial charge in [0.15, 0.2) is 11.0 Å². The van der Waals surface area contributed by atoms with Crippen LogP contribution in [0.15, 0.2) is 46.5 Å². The van der Waals surface area contributed by atoms with Crippen molar-refractivity contribution in [1.82, 2.24) is 25.6 Å². The largest absolute Gasteiger partial charge is 0.370 e. The lowest BCUT2D eigenvalue weighted by atomic mass is 10.2. The summed E-state index contributed by atoms with van der Waals surface area (Å²) in [6.45, 7) is 2.52. The van der Waals surface area contributed by atoms with Crippen molar-refractivity contribution in [2.24, 2.45) is 5.92 Å². The molecule has 1 aliphatic rings. The molecule has 0 aliphatic heterocycles. The van der Waals surface area contributed by atoms with Crippen molar-refractivity contribution >= 4 is 46.7 Å². The number of rotatable bonds is 12. The zero-order valence-corrected chi connectivity index (χ0v) is 20.1. The van der Waals surface area contributed by atoms with E-state index in [1.807, 2.05) is 37.3 Å². The van der Waals surface area contributed by atoms with Crippen LogP contribution in [0, 0.1) is 12.8 Å². The molecule has 3 aromatic rings. The number of nitrogens with zero attached hydrogens (tertiary/aromatic N) is 3. The van der Waals surface area contributed by atoms with Crippen molar-refractivity contribution in [3.63, 3.8) is 0 Å². The molecule has 1 fully saturated rings. The van der Waals surface area contributed by atoms with Crippen LogP contribution in [0.2, 0.25) is 0 Å². The Bertz CT molecular complexity index is 1160. The van der Waals surface area contributed by atoms with E-state index in [1.54, 1.807) is 11.5 Å². The second-order valence-corrected chi connectivity index (χ2v) is 9.33. The van der Waals surface area contributed by atoms with E-state index >= 15 is 0 Å². The molecule has 0 atom stereocenters. The van der Waals surface area contributed by atoms with Gasteiger partial charge < -0.3 is 16.0 Å². The molecule has 1 saturated carbocycles. The number of amides is 2. The fourth-order valence-electron chi connectivity index (χ4n) is 3.22. The number of carbonyl (C=O) groups is 2. The second kappa shape index (κ2) is 11.7. The SMILES string of the molecule is Cc1cc(Nc2cc(NCCCCC(=O)NO)nc(Sc3ccc(NC(=O)C4CC4)cc3)n2)n[nH]1. The Balaban J connectivity index is 1.42.